The number of amides is 2. The fourth-order valence-electron chi connectivity index (χ4n) is 2.78. The Hall–Kier alpha value is -1.84. The summed E-state index contributed by atoms with van der Waals surface area (Å²) >= 11 is 4.76. The fourth-order valence-corrected chi connectivity index (χ4v) is 5.19. The highest BCUT2D eigenvalue weighted by Crippen LogP contribution is 2.34. The van der Waals surface area contributed by atoms with E-state index in [1.165, 1.54) is 30.8 Å². The Morgan fingerprint density at radius 2 is 2.04 bits per heavy atom. The molecule has 2 aromatic carbocycles. The summed E-state index contributed by atoms with van der Waals surface area (Å²) in [5.74, 6) is -0.227. The molecular weight excluding hydrogens is 464 g/mol. The maximum Gasteiger partial charge on any atom is 0.234 e. The maximum atomic E-state index is 12.9. The fraction of sp³-hybridized carbons (Fsp3) is 0.263. The molecule has 9 heteroatoms. The highest BCUT2D eigenvalue weighted by molar-refractivity contribution is 9.10. The molecule has 0 unspecified atom stereocenters. The summed E-state index contributed by atoms with van der Waals surface area (Å²) in [5.41, 5.74) is 2.07. The van der Waals surface area contributed by atoms with E-state index < -0.39 is 15.1 Å². The quantitative estimate of drug-likeness (QED) is 0.671. The summed E-state index contributed by atoms with van der Waals surface area (Å²) in [6.45, 7) is 3.41. The van der Waals surface area contributed by atoms with E-state index in [-0.39, 0.29) is 23.1 Å². The van der Waals surface area contributed by atoms with Crippen LogP contribution < -0.4 is 10.6 Å². The lowest BCUT2D eigenvalue weighted by atomic mass is 10.2. The molecule has 2 aromatic rings. The Labute approximate surface area is 176 Å². The van der Waals surface area contributed by atoms with E-state index in [0.29, 0.717) is 17.1 Å². The Balaban J connectivity index is 1.73. The number of sulfone groups is 1. The molecule has 0 saturated carbocycles. The van der Waals surface area contributed by atoms with Crippen LogP contribution in [0.3, 0.4) is 0 Å². The molecule has 1 aliphatic rings. The van der Waals surface area contributed by atoms with Gasteiger partial charge in [-0.1, -0.05) is 15.9 Å². The van der Waals surface area contributed by atoms with Crippen LogP contribution in [0.25, 0.3) is 0 Å². The lowest BCUT2D eigenvalue weighted by Gasteiger charge is -2.18. The van der Waals surface area contributed by atoms with E-state index in [4.69, 9.17) is 0 Å². The van der Waals surface area contributed by atoms with Crippen molar-refractivity contribution in [2.24, 2.45) is 0 Å². The second kappa shape index (κ2) is 8.26. The van der Waals surface area contributed by atoms with E-state index in [9.17, 15) is 18.0 Å². The van der Waals surface area contributed by atoms with Crippen molar-refractivity contribution in [1.29, 1.82) is 0 Å². The average Bonchev–Trinajstić information content (AvgIpc) is 2.64. The summed E-state index contributed by atoms with van der Waals surface area (Å²) in [5, 5.41) is 4.51. The molecule has 0 aromatic heterocycles. The van der Waals surface area contributed by atoms with Crippen LogP contribution in [-0.4, -0.2) is 31.2 Å². The molecule has 6 nitrogen and oxygen atoms in total. The topological polar surface area (TPSA) is 92.3 Å². The standard InChI is InChI=1S/C19H19BrN2O4S2/c1-11-7-13(3-5-15(11)20)21-18(23)8-12(2)28(25,26)14-4-6-17-16(9-14)22-19(24)10-27-17/h3-7,9,12H,8,10H2,1-2H3,(H,21,23)(H,22,24)/t12-/m0/s1. The number of anilines is 2. The molecule has 0 spiro atoms. The number of carbonyl (C=O) groups is 2. The van der Waals surface area contributed by atoms with Gasteiger partial charge in [0.05, 0.1) is 21.6 Å². The molecule has 2 amide bonds. The van der Waals surface area contributed by atoms with Gasteiger partial charge in [-0.05, 0) is 55.8 Å². The Morgan fingerprint density at radius 1 is 1.29 bits per heavy atom. The van der Waals surface area contributed by atoms with E-state index in [1.807, 2.05) is 19.1 Å². The number of rotatable bonds is 5. The number of hydrogen-bond acceptors (Lipinski definition) is 5. The number of halogens is 1. The first kappa shape index (κ1) is 20.9. The van der Waals surface area contributed by atoms with E-state index in [0.717, 1.165) is 14.9 Å². The molecule has 1 atom stereocenters. The van der Waals surface area contributed by atoms with Crippen molar-refractivity contribution in [2.75, 3.05) is 16.4 Å². The van der Waals surface area contributed by atoms with Crippen molar-refractivity contribution < 1.29 is 18.0 Å². The van der Waals surface area contributed by atoms with Crippen molar-refractivity contribution in [1.82, 2.24) is 0 Å². The molecule has 148 valence electrons. The van der Waals surface area contributed by atoms with Crippen molar-refractivity contribution >= 4 is 60.7 Å². The smallest absolute Gasteiger partial charge is 0.234 e. The molecule has 3 rings (SSSR count). The SMILES string of the molecule is Cc1cc(NC(=O)C[C@H](C)S(=O)(=O)c2ccc3c(c2)NC(=O)CS3)ccc1Br. The number of thioether (sulfide) groups is 1. The van der Waals surface area contributed by atoms with Crippen LogP contribution in [0.2, 0.25) is 0 Å². The van der Waals surface area contributed by atoms with Gasteiger partial charge in [0.1, 0.15) is 0 Å². The first-order chi connectivity index (χ1) is 13.2. The number of nitrogens with one attached hydrogen (secondary N) is 2. The third kappa shape index (κ3) is 4.59. The van der Waals surface area contributed by atoms with Crippen LogP contribution in [0.5, 0.6) is 0 Å². The molecular formula is C19H19BrN2O4S2. The van der Waals surface area contributed by atoms with Crippen molar-refractivity contribution in [3.05, 3.63) is 46.4 Å². The number of fused-ring (bicyclic) bond motifs is 1. The minimum atomic E-state index is -3.72. The second-order valence-corrected chi connectivity index (χ2v) is 10.8. The third-order valence-corrected chi connectivity index (χ3v) is 8.46. The van der Waals surface area contributed by atoms with Gasteiger partial charge < -0.3 is 10.6 Å². The van der Waals surface area contributed by atoms with Crippen molar-refractivity contribution in [2.45, 2.75) is 35.3 Å². The van der Waals surface area contributed by atoms with Gasteiger partial charge in [-0.15, -0.1) is 11.8 Å². The van der Waals surface area contributed by atoms with Gasteiger partial charge in [-0.3, -0.25) is 9.59 Å². The van der Waals surface area contributed by atoms with Crippen LogP contribution in [-0.2, 0) is 19.4 Å². The summed E-state index contributed by atoms with van der Waals surface area (Å²) < 4.78 is 26.7. The van der Waals surface area contributed by atoms with E-state index in [2.05, 4.69) is 26.6 Å². The van der Waals surface area contributed by atoms with Gasteiger partial charge in [-0.25, -0.2) is 8.42 Å². The molecule has 1 heterocycles. The third-order valence-electron chi connectivity index (χ3n) is 4.36. The van der Waals surface area contributed by atoms with Crippen molar-refractivity contribution in [3.8, 4) is 0 Å². The van der Waals surface area contributed by atoms with Crippen LogP contribution in [0.4, 0.5) is 11.4 Å². The lowest BCUT2D eigenvalue weighted by Crippen LogP contribution is -2.25. The molecule has 0 radical (unpaired) electrons. The number of aryl methyl sites for hydroxylation is 1. The van der Waals surface area contributed by atoms with Gasteiger partial charge in [0.25, 0.3) is 0 Å². The first-order valence-corrected chi connectivity index (χ1v) is 11.9. The number of hydrogen-bond donors (Lipinski definition) is 2. The molecule has 2 N–H and O–H groups in total. The van der Waals surface area contributed by atoms with Gasteiger partial charge >= 0.3 is 0 Å². The van der Waals surface area contributed by atoms with E-state index in [1.54, 1.807) is 12.1 Å². The van der Waals surface area contributed by atoms with Gasteiger partial charge in [0, 0.05) is 21.5 Å². The Kier molecular flexibility index (Phi) is 6.16. The Bertz CT molecular complexity index is 1050. The molecule has 0 bridgehead atoms. The van der Waals surface area contributed by atoms with Crippen LogP contribution in [0.15, 0.2) is 50.7 Å². The summed E-state index contributed by atoms with van der Waals surface area (Å²) in [7, 11) is -3.72. The highest BCUT2D eigenvalue weighted by atomic mass is 79.9. The molecule has 0 fully saturated rings. The monoisotopic (exact) mass is 482 g/mol. The van der Waals surface area contributed by atoms with Gasteiger partial charge in [-0.2, -0.15) is 0 Å². The number of benzene rings is 2. The number of carbonyl (C=O) groups excluding carboxylic acids is 2. The van der Waals surface area contributed by atoms with Crippen LogP contribution in [0.1, 0.15) is 18.9 Å². The summed E-state index contributed by atoms with van der Waals surface area (Å²) in [6, 6.07) is 10.0. The first-order valence-electron chi connectivity index (χ1n) is 8.53. The predicted octanol–water partition coefficient (Wildman–Crippen LogP) is 3.99. The zero-order valence-corrected chi connectivity index (χ0v) is 18.5. The highest BCUT2D eigenvalue weighted by Gasteiger charge is 2.27. The van der Waals surface area contributed by atoms with Gasteiger partial charge in [0.2, 0.25) is 11.8 Å². The normalized spacial score (nSPS) is 14.8. The predicted molar refractivity (Wildman–Crippen MR) is 115 cm³/mol. The largest absolute Gasteiger partial charge is 0.326 e. The molecule has 1 aliphatic heterocycles. The zero-order chi connectivity index (χ0) is 20.5. The second-order valence-electron chi connectivity index (χ2n) is 6.57. The zero-order valence-electron chi connectivity index (χ0n) is 15.3. The summed E-state index contributed by atoms with van der Waals surface area (Å²) in [6.07, 6.45) is -0.171. The van der Waals surface area contributed by atoms with Crippen LogP contribution >= 0.6 is 27.7 Å². The van der Waals surface area contributed by atoms with Gasteiger partial charge in [0.15, 0.2) is 9.84 Å². The van der Waals surface area contributed by atoms with E-state index >= 15 is 0 Å². The minimum Gasteiger partial charge on any atom is -0.326 e. The summed E-state index contributed by atoms with van der Waals surface area (Å²) in [4.78, 5) is 24.8. The maximum absolute atomic E-state index is 12.9. The minimum absolute atomic E-state index is 0.0915. The molecule has 28 heavy (non-hydrogen) atoms. The van der Waals surface area contributed by atoms with Crippen molar-refractivity contribution in [3.63, 3.8) is 0 Å². The average molecular weight is 483 g/mol. The molecule has 0 aliphatic carbocycles. The van der Waals surface area contributed by atoms with Crippen LogP contribution in [0, 0.1) is 6.92 Å². The lowest BCUT2D eigenvalue weighted by molar-refractivity contribution is -0.116. The molecule has 0 saturated heterocycles. The Morgan fingerprint density at radius 3 is 2.75 bits per heavy atom.